The van der Waals surface area contributed by atoms with Gasteiger partial charge in [-0.05, 0) is 31.0 Å². The molecule has 1 atom stereocenters. The van der Waals surface area contributed by atoms with Crippen LogP contribution in [0.25, 0.3) is 11.4 Å². The second-order valence-electron chi connectivity index (χ2n) is 5.41. The van der Waals surface area contributed by atoms with Gasteiger partial charge in [0, 0.05) is 25.2 Å². The van der Waals surface area contributed by atoms with Crippen molar-refractivity contribution >= 4 is 5.91 Å². The molecule has 3 rings (SSSR count). The van der Waals surface area contributed by atoms with Gasteiger partial charge in [-0.1, -0.05) is 12.1 Å². The van der Waals surface area contributed by atoms with Crippen molar-refractivity contribution in [2.45, 2.75) is 25.8 Å². The number of benzene rings is 1. The fraction of sp³-hybridized carbons (Fsp3) is 0.353. The van der Waals surface area contributed by atoms with Crippen LogP contribution in [0.1, 0.15) is 31.5 Å². The summed E-state index contributed by atoms with van der Waals surface area (Å²) in [5.74, 6) is 1.54. The quantitative estimate of drug-likeness (QED) is 0.874. The summed E-state index contributed by atoms with van der Waals surface area (Å²) in [4.78, 5) is 22.6. The molecule has 22 heavy (non-hydrogen) atoms. The van der Waals surface area contributed by atoms with Gasteiger partial charge >= 0.3 is 0 Å². The zero-order valence-corrected chi connectivity index (χ0v) is 12.8. The lowest BCUT2D eigenvalue weighted by Crippen LogP contribution is -2.28. The maximum absolute atomic E-state index is 11.7. The molecule has 1 aliphatic heterocycles. The van der Waals surface area contributed by atoms with Gasteiger partial charge < -0.3 is 9.64 Å². The van der Waals surface area contributed by atoms with E-state index in [0.29, 0.717) is 5.82 Å². The van der Waals surface area contributed by atoms with Crippen LogP contribution in [-0.4, -0.2) is 34.4 Å². The first-order valence-corrected chi connectivity index (χ1v) is 7.43. The van der Waals surface area contributed by atoms with Crippen molar-refractivity contribution in [3.63, 3.8) is 0 Å². The van der Waals surface area contributed by atoms with E-state index in [1.54, 1.807) is 20.2 Å². The van der Waals surface area contributed by atoms with Gasteiger partial charge in [-0.15, -0.1) is 0 Å². The number of carbonyl (C=O) groups is 1. The Morgan fingerprint density at radius 1 is 1.36 bits per heavy atom. The molecular formula is C17H19N3O2. The maximum Gasteiger partial charge on any atom is 0.220 e. The second kappa shape index (κ2) is 6.13. The third-order valence-corrected chi connectivity index (χ3v) is 4.00. The number of carbonyl (C=O) groups excluding carboxylic acids is 1. The molecule has 5 nitrogen and oxygen atoms in total. The molecule has 1 amide bonds. The number of hydrogen-bond acceptors (Lipinski definition) is 4. The number of methoxy groups -OCH3 is 1. The highest BCUT2D eigenvalue weighted by molar-refractivity contribution is 5.74. The molecular weight excluding hydrogens is 278 g/mol. The standard InChI is InChI=1S/C17H19N3O2/c1-12(21)20-10-4-7-16(20)15-8-9-18-17(19-15)13-5-3-6-14(11-13)22-2/h3,5-6,8-9,11,16H,4,7,10H2,1-2H3. The second-order valence-corrected chi connectivity index (χ2v) is 5.41. The Hall–Kier alpha value is -2.43. The number of likely N-dealkylation sites (tertiary alicyclic amines) is 1. The Balaban J connectivity index is 1.94. The first-order valence-electron chi connectivity index (χ1n) is 7.43. The molecule has 1 aromatic carbocycles. The molecule has 0 N–H and O–H groups in total. The third-order valence-electron chi connectivity index (χ3n) is 4.00. The Morgan fingerprint density at radius 3 is 3.00 bits per heavy atom. The van der Waals surface area contributed by atoms with E-state index >= 15 is 0 Å². The minimum absolute atomic E-state index is 0.0601. The zero-order valence-electron chi connectivity index (χ0n) is 12.8. The fourth-order valence-corrected chi connectivity index (χ4v) is 2.91. The summed E-state index contributed by atoms with van der Waals surface area (Å²) in [5.41, 5.74) is 1.81. The third kappa shape index (κ3) is 2.79. The van der Waals surface area contributed by atoms with Crippen molar-refractivity contribution in [1.82, 2.24) is 14.9 Å². The number of aromatic nitrogens is 2. The predicted octanol–water partition coefficient (Wildman–Crippen LogP) is 2.84. The summed E-state index contributed by atoms with van der Waals surface area (Å²) in [6.45, 7) is 2.42. The Kier molecular flexibility index (Phi) is 4.04. The first-order chi connectivity index (χ1) is 10.7. The normalized spacial score (nSPS) is 17.5. The minimum atomic E-state index is 0.0601. The van der Waals surface area contributed by atoms with E-state index in [4.69, 9.17) is 4.74 Å². The Morgan fingerprint density at radius 2 is 2.23 bits per heavy atom. The largest absolute Gasteiger partial charge is 0.497 e. The zero-order chi connectivity index (χ0) is 15.5. The molecule has 0 bridgehead atoms. The van der Waals surface area contributed by atoms with Crippen LogP contribution in [0, 0.1) is 0 Å². The molecule has 0 radical (unpaired) electrons. The van der Waals surface area contributed by atoms with Crippen molar-refractivity contribution in [1.29, 1.82) is 0 Å². The molecule has 0 saturated carbocycles. The van der Waals surface area contributed by atoms with Crippen LogP contribution < -0.4 is 4.74 Å². The highest BCUT2D eigenvalue weighted by atomic mass is 16.5. The molecule has 1 fully saturated rings. The molecule has 2 heterocycles. The molecule has 1 aliphatic rings. The van der Waals surface area contributed by atoms with Gasteiger partial charge in [-0.3, -0.25) is 4.79 Å². The Labute approximate surface area is 130 Å². The van der Waals surface area contributed by atoms with Crippen LogP contribution in [0.2, 0.25) is 0 Å². The van der Waals surface area contributed by atoms with Gasteiger partial charge in [0.2, 0.25) is 5.91 Å². The summed E-state index contributed by atoms with van der Waals surface area (Å²) in [5, 5.41) is 0. The van der Waals surface area contributed by atoms with E-state index in [-0.39, 0.29) is 11.9 Å². The molecule has 2 aromatic rings. The average Bonchev–Trinajstić information content (AvgIpc) is 3.05. The molecule has 1 saturated heterocycles. The average molecular weight is 297 g/mol. The summed E-state index contributed by atoms with van der Waals surface area (Å²) in [7, 11) is 1.64. The highest BCUT2D eigenvalue weighted by Crippen LogP contribution is 2.31. The number of rotatable bonds is 3. The van der Waals surface area contributed by atoms with Gasteiger partial charge in [-0.25, -0.2) is 9.97 Å². The van der Waals surface area contributed by atoms with Crippen LogP contribution in [0.3, 0.4) is 0 Å². The summed E-state index contributed by atoms with van der Waals surface area (Å²) < 4.78 is 5.25. The van der Waals surface area contributed by atoms with E-state index in [0.717, 1.165) is 36.4 Å². The first kappa shape index (κ1) is 14.5. The van der Waals surface area contributed by atoms with Crippen LogP contribution in [0.4, 0.5) is 0 Å². The van der Waals surface area contributed by atoms with Crippen molar-refractivity contribution in [2.24, 2.45) is 0 Å². The number of hydrogen-bond donors (Lipinski definition) is 0. The van der Waals surface area contributed by atoms with Crippen molar-refractivity contribution in [3.8, 4) is 17.1 Å². The SMILES string of the molecule is COc1cccc(-c2nccc(C3CCCN3C(C)=O)n2)c1. The topological polar surface area (TPSA) is 55.3 Å². The maximum atomic E-state index is 11.7. The summed E-state index contributed by atoms with van der Waals surface area (Å²) in [6.07, 6.45) is 3.73. The van der Waals surface area contributed by atoms with E-state index in [2.05, 4.69) is 9.97 Å². The minimum Gasteiger partial charge on any atom is -0.497 e. The molecule has 0 aliphatic carbocycles. The number of nitrogens with zero attached hydrogens (tertiary/aromatic N) is 3. The molecule has 5 heteroatoms. The van der Waals surface area contributed by atoms with Crippen LogP contribution in [-0.2, 0) is 4.79 Å². The van der Waals surface area contributed by atoms with Gasteiger partial charge in [0.25, 0.3) is 0 Å². The molecule has 114 valence electrons. The summed E-state index contributed by atoms with van der Waals surface area (Å²) >= 11 is 0. The van der Waals surface area contributed by atoms with Crippen molar-refractivity contribution in [3.05, 3.63) is 42.2 Å². The lowest BCUT2D eigenvalue weighted by atomic mass is 10.1. The van der Waals surface area contributed by atoms with E-state index < -0.39 is 0 Å². The van der Waals surface area contributed by atoms with Crippen LogP contribution in [0.15, 0.2) is 36.5 Å². The predicted molar refractivity (Wildman–Crippen MR) is 83.4 cm³/mol. The molecule has 0 spiro atoms. The van der Waals surface area contributed by atoms with Gasteiger partial charge in [0.15, 0.2) is 5.82 Å². The highest BCUT2D eigenvalue weighted by Gasteiger charge is 2.29. The van der Waals surface area contributed by atoms with E-state index in [9.17, 15) is 4.79 Å². The van der Waals surface area contributed by atoms with Gasteiger partial charge in [-0.2, -0.15) is 0 Å². The summed E-state index contributed by atoms with van der Waals surface area (Å²) in [6, 6.07) is 9.64. The van der Waals surface area contributed by atoms with Gasteiger partial charge in [0.1, 0.15) is 5.75 Å². The number of ether oxygens (including phenoxy) is 1. The smallest absolute Gasteiger partial charge is 0.220 e. The van der Waals surface area contributed by atoms with Gasteiger partial charge in [0.05, 0.1) is 18.8 Å². The fourth-order valence-electron chi connectivity index (χ4n) is 2.91. The molecule has 1 aromatic heterocycles. The lowest BCUT2D eigenvalue weighted by Gasteiger charge is -2.22. The van der Waals surface area contributed by atoms with Crippen LogP contribution in [0.5, 0.6) is 5.75 Å². The van der Waals surface area contributed by atoms with E-state index in [1.807, 2.05) is 35.2 Å². The Bertz CT molecular complexity index is 687. The lowest BCUT2D eigenvalue weighted by molar-refractivity contribution is -0.129. The monoisotopic (exact) mass is 297 g/mol. The number of amides is 1. The van der Waals surface area contributed by atoms with E-state index in [1.165, 1.54) is 0 Å². The molecule has 1 unspecified atom stereocenters. The van der Waals surface area contributed by atoms with Crippen molar-refractivity contribution < 1.29 is 9.53 Å². The van der Waals surface area contributed by atoms with Crippen molar-refractivity contribution in [2.75, 3.05) is 13.7 Å². The van der Waals surface area contributed by atoms with Crippen LogP contribution >= 0.6 is 0 Å².